The minimum absolute atomic E-state index is 0.0318. The van der Waals surface area contributed by atoms with Crippen LogP contribution in [0, 0.1) is 6.92 Å². The first-order valence-corrected chi connectivity index (χ1v) is 6.05. The van der Waals surface area contributed by atoms with Gasteiger partial charge in [-0.15, -0.1) is 11.3 Å². The van der Waals surface area contributed by atoms with Crippen LogP contribution in [0.4, 0.5) is 0 Å². The molecule has 1 aromatic rings. The Morgan fingerprint density at radius 1 is 1.60 bits per heavy atom. The molecule has 1 aromatic heterocycles. The van der Waals surface area contributed by atoms with Crippen molar-refractivity contribution in [1.29, 1.82) is 0 Å². The molecule has 2 N–H and O–H groups in total. The lowest BCUT2D eigenvalue weighted by Crippen LogP contribution is -2.24. The second-order valence-electron chi connectivity index (χ2n) is 4.40. The standard InChI is InChI=1S/C11H20N2OS/c1-8-13-10(7-15-8)9(12)5-6-11(2,3)14-4/h7,9H,5-6,12H2,1-4H3. The van der Waals surface area contributed by atoms with Gasteiger partial charge in [-0.05, 0) is 33.6 Å². The molecule has 15 heavy (non-hydrogen) atoms. The van der Waals surface area contributed by atoms with Gasteiger partial charge in [-0.25, -0.2) is 4.98 Å². The number of nitrogens with two attached hydrogens (primary N) is 1. The summed E-state index contributed by atoms with van der Waals surface area (Å²) >= 11 is 1.65. The Bertz CT molecular complexity index is 309. The number of hydrogen-bond acceptors (Lipinski definition) is 4. The van der Waals surface area contributed by atoms with Crippen LogP contribution in [0.3, 0.4) is 0 Å². The van der Waals surface area contributed by atoms with Gasteiger partial charge >= 0.3 is 0 Å². The molecule has 4 heteroatoms. The van der Waals surface area contributed by atoms with Crippen LogP contribution in [0.1, 0.15) is 43.4 Å². The average molecular weight is 228 g/mol. The van der Waals surface area contributed by atoms with Gasteiger partial charge in [0, 0.05) is 18.5 Å². The van der Waals surface area contributed by atoms with Gasteiger partial charge < -0.3 is 10.5 Å². The Morgan fingerprint density at radius 3 is 2.73 bits per heavy atom. The molecule has 1 unspecified atom stereocenters. The predicted octanol–water partition coefficient (Wildman–Crippen LogP) is 2.66. The van der Waals surface area contributed by atoms with Crippen molar-refractivity contribution in [3.8, 4) is 0 Å². The second kappa shape index (κ2) is 5.05. The van der Waals surface area contributed by atoms with Crippen molar-refractivity contribution in [2.75, 3.05) is 7.11 Å². The fraction of sp³-hybridized carbons (Fsp3) is 0.727. The monoisotopic (exact) mass is 228 g/mol. The van der Waals surface area contributed by atoms with E-state index in [0.29, 0.717) is 0 Å². The van der Waals surface area contributed by atoms with Crippen molar-refractivity contribution in [3.63, 3.8) is 0 Å². The van der Waals surface area contributed by atoms with Crippen molar-refractivity contribution in [1.82, 2.24) is 4.98 Å². The molecule has 86 valence electrons. The van der Waals surface area contributed by atoms with Crippen LogP contribution in [0.15, 0.2) is 5.38 Å². The van der Waals surface area contributed by atoms with Gasteiger partial charge in [-0.3, -0.25) is 0 Å². The molecular weight excluding hydrogens is 208 g/mol. The predicted molar refractivity (Wildman–Crippen MR) is 64.1 cm³/mol. The van der Waals surface area contributed by atoms with E-state index in [1.165, 1.54) is 0 Å². The molecule has 0 aliphatic carbocycles. The molecule has 0 saturated carbocycles. The molecule has 0 aliphatic rings. The molecule has 0 radical (unpaired) electrons. The van der Waals surface area contributed by atoms with Gasteiger partial charge in [0.1, 0.15) is 0 Å². The van der Waals surface area contributed by atoms with Crippen LogP contribution >= 0.6 is 11.3 Å². The molecular formula is C11H20N2OS. The molecule has 0 saturated heterocycles. The summed E-state index contributed by atoms with van der Waals surface area (Å²) in [4.78, 5) is 4.39. The third-order valence-electron chi connectivity index (χ3n) is 2.63. The molecule has 1 rings (SSSR count). The van der Waals surface area contributed by atoms with Gasteiger partial charge in [0.25, 0.3) is 0 Å². The molecule has 0 aromatic carbocycles. The van der Waals surface area contributed by atoms with Crippen molar-refractivity contribution in [2.45, 2.75) is 45.3 Å². The van der Waals surface area contributed by atoms with E-state index in [1.54, 1.807) is 18.4 Å². The SMILES string of the molecule is COC(C)(C)CCC(N)c1csc(C)n1. The van der Waals surface area contributed by atoms with Crippen LogP contribution in [0.5, 0.6) is 0 Å². The molecule has 0 spiro atoms. The lowest BCUT2D eigenvalue weighted by atomic mass is 9.98. The molecule has 0 bridgehead atoms. The highest BCUT2D eigenvalue weighted by atomic mass is 32.1. The van der Waals surface area contributed by atoms with Crippen LogP contribution < -0.4 is 5.73 Å². The number of aryl methyl sites for hydroxylation is 1. The van der Waals surface area contributed by atoms with Crippen LogP contribution in [-0.2, 0) is 4.74 Å². The van der Waals surface area contributed by atoms with Gasteiger partial charge in [0.05, 0.1) is 16.3 Å². The molecule has 0 amide bonds. The van der Waals surface area contributed by atoms with Crippen molar-refractivity contribution >= 4 is 11.3 Å². The lowest BCUT2D eigenvalue weighted by molar-refractivity contribution is 0.0124. The molecule has 3 nitrogen and oxygen atoms in total. The van der Waals surface area contributed by atoms with Crippen LogP contribution in [0.25, 0.3) is 0 Å². The quantitative estimate of drug-likeness (QED) is 0.843. The zero-order chi connectivity index (χ0) is 11.5. The normalized spacial score (nSPS) is 14.2. The first-order chi connectivity index (χ1) is 6.94. The maximum atomic E-state index is 6.06. The summed E-state index contributed by atoms with van der Waals surface area (Å²) in [6.07, 6.45) is 1.85. The number of ether oxygens (including phenoxy) is 1. The first kappa shape index (κ1) is 12.6. The summed E-state index contributed by atoms with van der Waals surface area (Å²) < 4.78 is 5.36. The van der Waals surface area contributed by atoms with E-state index in [2.05, 4.69) is 18.8 Å². The number of nitrogens with zero attached hydrogens (tertiary/aromatic N) is 1. The first-order valence-electron chi connectivity index (χ1n) is 5.17. The highest BCUT2D eigenvalue weighted by molar-refractivity contribution is 7.09. The number of hydrogen-bond donors (Lipinski definition) is 1. The summed E-state index contributed by atoms with van der Waals surface area (Å²) in [7, 11) is 1.73. The number of rotatable bonds is 5. The molecule has 0 aliphatic heterocycles. The third kappa shape index (κ3) is 3.89. The highest BCUT2D eigenvalue weighted by Crippen LogP contribution is 2.23. The highest BCUT2D eigenvalue weighted by Gasteiger charge is 2.19. The van der Waals surface area contributed by atoms with Gasteiger partial charge in [0.2, 0.25) is 0 Å². The largest absolute Gasteiger partial charge is 0.379 e. The maximum Gasteiger partial charge on any atom is 0.0898 e. The summed E-state index contributed by atoms with van der Waals surface area (Å²) in [5, 5.41) is 3.12. The third-order valence-corrected chi connectivity index (χ3v) is 3.42. The smallest absolute Gasteiger partial charge is 0.0898 e. The number of thiazole rings is 1. The molecule has 1 heterocycles. The van der Waals surface area contributed by atoms with Crippen LogP contribution in [-0.4, -0.2) is 17.7 Å². The van der Waals surface area contributed by atoms with E-state index in [-0.39, 0.29) is 11.6 Å². The maximum absolute atomic E-state index is 6.06. The van der Waals surface area contributed by atoms with E-state index < -0.39 is 0 Å². The second-order valence-corrected chi connectivity index (χ2v) is 5.46. The van der Waals surface area contributed by atoms with Gasteiger partial charge in [-0.2, -0.15) is 0 Å². The summed E-state index contributed by atoms with van der Waals surface area (Å²) in [6, 6.07) is 0.0318. The zero-order valence-corrected chi connectivity index (χ0v) is 10.7. The Morgan fingerprint density at radius 2 is 2.27 bits per heavy atom. The van der Waals surface area contributed by atoms with Gasteiger partial charge in [0.15, 0.2) is 0 Å². The molecule has 1 atom stereocenters. The Hall–Kier alpha value is -0.450. The van der Waals surface area contributed by atoms with Gasteiger partial charge in [-0.1, -0.05) is 0 Å². The fourth-order valence-electron chi connectivity index (χ4n) is 1.30. The van der Waals surface area contributed by atoms with Crippen molar-refractivity contribution in [2.24, 2.45) is 5.73 Å². The summed E-state index contributed by atoms with van der Waals surface area (Å²) in [5.74, 6) is 0. The Labute approximate surface area is 95.7 Å². The van der Waals surface area contributed by atoms with E-state index in [9.17, 15) is 0 Å². The van der Waals surface area contributed by atoms with E-state index in [1.807, 2.05) is 12.3 Å². The zero-order valence-electron chi connectivity index (χ0n) is 9.91. The topological polar surface area (TPSA) is 48.1 Å². The molecule has 0 fully saturated rings. The summed E-state index contributed by atoms with van der Waals surface area (Å²) in [6.45, 7) is 6.15. The summed E-state index contributed by atoms with van der Waals surface area (Å²) in [5.41, 5.74) is 6.97. The fourth-order valence-corrected chi connectivity index (χ4v) is 1.98. The van der Waals surface area contributed by atoms with Crippen molar-refractivity contribution < 1.29 is 4.74 Å². The van der Waals surface area contributed by atoms with Crippen LogP contribution in [0.2, 0.25) is 0 Å². The number of aromatic nitrogens is 1. The van der Waals surface area contributed by atoms with E-state index in [0.717, 1.165) is 23.5 Å². The lowest BCUT2D eigenvalue weighted by Gasteiger charge is -2.24. The average Bonchev–Trinajstić information content (AvgIpc) is 2.61. The van der Waals surface area contributed by atoms with E-state index >= 15 is 0 Å². The van der Waals surface area contributed by atoms with Crippen molar-refractivity contribution in [3.05, 3.63) is 16.1 Å². The van der Waals surface area contributed by atoms with E-state index in [4.69, 9.17) is 10.5 Å². The number of methoxy groups -OCH3 is 1. The minimum atomic E-state index is -0.0946. The Balaban J connectivity index is 2.46. The Kier molecular flexibility index (Phi) is 4.25. The minimum Gasteiger partial charge on any atom is -0.379 e.